The summed E-state index contributed by atoms with van der Waals surface area (Å²) in [6.07, 6.45) is 0. The van der Waals surface area contributed by atoms with Crippen LogP contribution in [0.3, 0.4) is 0 Å². The van der Waals surface area contributed by atoms with Crippen LogP contribution in [-0.2, 0) is 4.79 Å². The zero-order chi connectivity index (χ0) is 14.0. The van der Waals surface area contributed by atoms with E-state index in [1.165, 1.54) is 0 Å². The first-order chi connectivity index (χ1) is 8.83. The third-order valence-electron chi connectivity index (χ3n) is 2.66. The number of aromatic amines is 1. The van der Waals surface area contributed by atoms with Gasteiger partial charge in [-0.15, -0.1) is 0 Å². The Morgan fingerprint density at radius 3 is 2.79 bits per heavy atom. The third-order valence-corrected chi connectivity index (χ3v) is 2.66. The average Bonchev–Trinajstić information content (AvgIpc) is 2.65. The fourth-order valence-corrected chi connectivity index (χ4v) is 1.77. The fraction of sp³-hybridized carbons (Fsp3) is 0.429. The number of imidazole rings is 1. The zero-order valence-electron chi connectivity index (χ0n) is 11.8. The van der Waals surface area contributed by atoms with Crippen LogP contribution in [0.25, 0.3) is 11.0 Å². The van der Waals surface area contributed by atoms with E-state index in [1.807, 2.05) is 45.9 Å². The molecule has 2 aromatic rings. The van der Waals surface area contributed by atoms with E-state index in [1.54, 1.807) is 0 Å². The second kappa shape index (κ2) is 5.01. The SMILES string of the molecule is Cc1nc2ccc(NC(=O)CNC(C)(C)C)cc2[nH]1. The maximum Gasteiger partial charge on any atom is 0.238 e. The molecule has 0 aliphatic heterocycles. The van der Waals surface area contributed by atoms with Gasteiger partial charge in [0, 0.05) is 11.2 Å². The summed E-state index contributed by atoms with van der Waals surface area (Å²) >= 11 is 0. The summed E-state index contributed by atoms with van der Waals surface area (Å²) in [5, 5.41) is 6.02. The molecule has 0 aliphatic carbocycles. The summed E-state index contributed by atoms with van der Waals surface area (Å²) in [7, 11) is 0. The van der Waals surface area contributed by atoms with E-state index in [4.69, 9.17) is 0 Å². The van der Waals surface area contributed by atoms with Gasteiger partial charge in [0.15, 0.2) is 0 Å². The second-order valence-electron chi connectivity index (χ2n) is 5.71. The first kappa shape index (κ1) is 13.5. The number of benzene rings is 1. The van der Waals surface area contributed by atoms with Gasteiger partial charge in [-0.05, 0) is 45.9 Å². The van der Waals surface area contributed by atoms with Crippen molar-refractivity contribution in [3.63, 3.8) is 0 Å². The molecule has 0 aliphatic rings. The lowest BCUT2D eigenvalue weighted by molar-refractivity contribution is -0.115. The van der Waals surface area contributed by atoms with Crippen molar-refractivity contribution in [2.24, 2.45) is 0 Å². The molecule has 1 heterocycles. The molecule has 0 saturated carbocycles. The van der Waals surface area contributed by atoms with Gasteiger partial charge in [0.2, 0.25) is 5.91 Å². The number of fused-ring (bicyclic) bond motifs is 1. The van der Waals surface area contributed by atoms with Gasteiger partial charge in [-0.1, -0.05) is 0 Å². The van der Waals surface area contributed by atoms with E-state index in [9.17, 15) is 4.79 Å². The molecule has 1 aromatic heterocycles. The van der Waals surface area contributed by atoms with Crippen LogP contribution in [0, 0.1) is 6.92 Å². The Morgan fingerprint density at radius 1 is 1.37 bits per heavy atom. The predicted molar refractivity (Wildman–Crippen MR) is 77.2 cm³/mol. The van der Waals surface area contributed by atoms with E-state index in [-0.39, 0.29) is 11.4 Å². The van der Waals surface area contributed by atoms with Gasteiger partial charge in [-0.25, -0.2) is 4.98 Å². The standard InChI is InChI=1S/C14H20N4O/c1-9-16-11-6-5-10(7-12(11)17-9)18-13(19)8-15-14(2,3)4/h5-7,15H,8H2,1-4H3,(H,16,17)(H,18,19). The van der Waals surface area contributed by atoms with Gasteiger partial charge in [-0.2, -0.15) is 0 Å². The lowest BCUT2D eigenvalue weighted by atomic mass is 10.1. The Balaban J connectivity index is 2.02. The van der Waals surface area contributed by atoms with E-state index in [0.717, 1.165) is 22.5 Å². The molecule has 0 spiro atoms. The van der Waals surface area contributed by atoms with Crippen LogP contribution in [0.15, 0.2) is 18.2 Å². The van der Waals surface area contributed by atoms with E-state index >= 15 is 0 Å². The number of hydrogen-bond acceptors (Lipinski definition) is 3. The molecule has 0 fully saturated rings. The number of nitrogens with one attached hydrogen (secondary N) is 3. The maximum absolute atomic E-state index is 11.8. The summed E-state index contributed by atoms with van der Waals surface area (Å²) in [6, 6.07) is 5.65. The number of H-pyrrole nitrogens is 1. The number of rotatable bonds is 3. The van der Waals surface area contributed by atoms with Crippen LogP contribution in [-0.4, -0.2) is 28.0 Å². The molecule has 3 N–H and O–H groups in total. The van der Waals surface area contributed by atoms with Crippen molar-refractivity contribution >= 4 is 22.6 Å². The molecule has 0 unspecified atom stereocenters. The van der Waals surface area contributed by atoms with E-state index in [2.05, 4.69) is 20.6 Å². The molecule has 5 nitrogen and oxygen atoms in total. The lowest BCUT2D eigenvalue weighted by Crippen LogP contribution is -2.41. The second-order valence-corrected chi connectivity index (χ2v) is 5.71. The molecule has 5 heteroatoms. The number of carbonyl (C=O) groups excluding carboxylic acids is 1. The molecular formula is C14H20N4O. The molecule has 1 aromatic carbocycles. The van der Waals surface area contributed by atoms with E-state index < -0.39 is 0 Å². The van der Waals surface area contributed by atoms with Gasteiger partial charge >= 0.3 is 0 Å². The average molecular weight is 260 g/mol. The molecule has 0 radical (unpaired) electrons. The molecule has 0 saturated heterocycles. The first-order valence-corrected chi connectivity index (χ1v) is 6.35. The van der Waals surface area contributed by atoms with Crippen LogP contribution in [0.5, 0.6) is 0 Å². The third kappa shape index (κ3) is 3.79. The number of nitrogens with zero attached hydrogens (tertiary/aromatic N) is 1. The highest BCUT2D eigenvalue weighted by Gasteiger charge is 2.11. The minimum absolute atomic E-state index is 0.0505. The van der Waals surface area contributed by atoms with Crippen molar-refractivity contribution in [1.82, 2.24) is 15.3 Å². The van der Waals surface area contributed by atoms with Crippen molar-refractivity contribution in [3.8, 4) is 0 Å². The monoisotopic (exact) mass is 260 g/mol. The summed E-state index contributed by atoms with van der Waals surface area (Å²) < 4.78 is 0. The number of anilines is 1. The Labute approximate surface area is 112 Å². The normalized spacial score (nSPS) is 11.8. The maximum atomic E-state index is 11.8. The van der Waals surface area contributed by atoms with Crippen LogP contribution in [0.2, 0.25) is 0 Å². The van der Waals surface area contributed by atoms with Gasteiger partial charge in [0.25, 0.3) is 0 Å². The van der Waals surface area contributed by atoms with Crippen molar-refractivity contribution < 1.29 is 4.79 Å². The highest BCUT2D eigenvalue weighted by molar-refractivity contribution is 5.94. The van der Waals surface area contributed by atoms with Crippen molar-refractivity contribution in [1.29, 1.82) is 0 Å². The smallest absolute Gasteiger partial charge is 0.238 e. The molecule has 0 atom stereocenters. The molecule has 2 rings (SSSR count). The van der Waals surface area contributed by atoms with Crippen molar-refractivity contribution in [2.75, 3.05) is 11.9 Å². The molecule has 19 heavy (non-hydrogen) atoms. The molecule has 1 amide bonds. The Hall–Kier alpha value is -1.88. The number of aryl methyl sites for hydroxylation is 1. The number of carbonyl (C=O) groups is 1. The Morgan fingerprint density at radius 2 is 2.11 bits per heavy atom. The van der Waals surface area contributed by atoms with Crippen LogP contribution >= 0.6 is 0 Å². The highest BCUT2D eigenvalue weighted by Crippen LogP contribution is 2.16. The van der Waals surface area contributed by atoms with Gasteiger partial charge in [-0.3, -0.25) is 4.79 Å². The largest absolute Gasteiger partial charge is 0.342 e. The summed E-state index contributed by atoms with van der Waals surface area (Å²) in [5.41, 5.74) is 2.54. The quantitative estimate of drug-likeness (QED) is 0.792. The predicted octanol–water partition coefficient (Wildman–Crippen LogP) is 2.20. The highest BCUT2D eigenvalue weighted by atomic mass is 16.1. The number of amides is 1. The summed E-state index contributed by atoms with van der Waals surface area (Å²) in [5.74, 6) is 0.818. The van der Waals surface area contributed by atoms with Crippen molar-refractivity contribution in [2.45, 2.75) is 33.2 Å². The molecular weight excluding hydrogens is 240 g/mol. The van der Waals surface area contributed by atoms with Crippen LogP contribution in [0.4, 0.5) is 5.69 Å². The van der Waals surface area contributed by atoms with E-state index in [0.29, 0.717) is 6.54 Å². The summed E-state index contributed by atoms with van der Waals surface area (Å²) in [6.45, 7) is 8.29. The van der Waals surface area contributed by atoms with Gasteiger partial charge in [0.1, 0.15) is 5.82 Å². The summed E-state index contributed by atoms with van der Waals surface area (Å²) in [4.78, 5) is 19.3. The fourth-order valence-electron chi connectivity index (χ4n) is 1.77. The minimum Gasteiger partial charge on any atom is -0.342 e. The van der Waals surface area contributed by atoms with Crippen LogP contribution < -0.4 is 10.6 Å². The zero-order valence-corrected chi connectivity index (χ0v) is 11.8. The Kier molecular flexibility index (Phi) is 3.57. The minimum atomic E-state index is -0.0677. The topological polar surface area (TPSA) is 69.8 Å². The lowest BCUT2D eigenvalue weighted by Gasteiger charge is -2.20. The van der Waals surface area contributed by atoms with Gasteiger partial charge < -0.3 is 15.6 Å². The number of hydrogen-bond donors (Lipinski definition) is 3. The first-order valence-electron chi connectivity index (χ1n) is 6.35. The van der Waals surface area contributed by atoms with Gasteiger partial charge in [0.05, 0.1) is 17.6 Å². The van der Waals surface area contributed by atoms with Crippen LogP contribution in [0.1, 0.15) is 26.6 Å². The molecule has 0 bridgehead atoms. The number of aromatic nitrogens is 2. The Bertz CT molecular complexity index is 595. The molecule has 102 valence electrons. The van der Waals surface area contributed by atoms with Crippen molar-refractivity contribution in [3.05, 3.63) is 24.0 Å².